The molecule has 5 nitrogen and oxygen atoms in total. The highest BCUT2D eigenvalue weighted by molar-refractivity contribution is 7.92. The molecule has 0 aliphatic heterocycles. The van der Waals surface area contributed by atoms with Gasteiger partial charge in [-0.2, -0.15) is 0 Å². The molecule has 0 saturated carbocycles. The zero-order valence-electron chi connectivity index (χ0n) is 13.3. The molecule has 0 spiro atoms. The van der Waals surface area contributed by atoms with E-state index >= 15 is 0 Å². The molecule has 2 rings (SSSR count). The van der Waals surface area contributed by atoms with Gasteiger partial charge >= 0.3 is 5.97 Å². The van der Waals surface area contributed by atoms with Crippen LogP contribution in [0.4, 0.5) is 10.1 Å². The van der Waals surface area contributed by atoms with Crippen molar-refractivity contribution in [3.05, 3.63) is 59.9 Å². The van der Waals surface area contributed by atoms with E-state index in [1.807, 2.05) is 6.92 Å². The van der Waals surface area contributed by atoms with Crippen LogP contribution >= 0.6 is 0 Å². The molecule has 1 atom stereocenters. The van der Waals surface area contributed by atoms with Crippen LogP contribution in [0.3, 0.4) is 0 Å². The van der Waals surface area contributed by atoms with E-state index in [2.05, 4.69) is 0 Å². The molecule has 1 N–H and O–H groups in total. The van der Waals surface area contributed by atoms with Crippen LogP contribution in [0.15, 0.2) is 53.4 Å². The van der Waals surface area contributed by atoms with Crippen LogP contribution in [-0.2, 0) is 21.2 Å². The van der Waals surface area contributed by atoms with Gasteiger partial charge in [-0.05, 0) is 55.3 Å². The Bertz CT molecular complexity index is 817. The van der Waals surface area contributed by atoms with Gasteiger partial charge in [0.15, 0.2) is 0 Å². The largest absolute Gasteiger partial charge is 0.480 e. The summed E-state index contributed by atoms with van der Waals surface area (Å²) in [6.07, 6.45) is 0.777. The lowest BCUT2D eigenvalue weighted by molar-refractivity contribution is -0.137. The van der Waals surface area contributed by atoms with Crippen molar-refractivity contribution in [3.8, 4) is 0 Å². The molecule has 24 heavy (non-hydrogen) atoms. The van der Waals surface area contributed by atoms with Crippen molar-refractivity contribution in [1.82, 2.24) is 0 Å². The molecule has 7 heteroatoms. The molecule has 2 aromatic carbocycles. The van der Waals surface area contributed by atoms with Gasteiger partial charge in [-0.15, -0.1) is 0 Å². The zero-order valence-corrected chi connectivity index (χ0v) is 14.1. The van der Waals surface area contributed by atoms with Crippen LogP contribution in [0, 0.1) is 5.82 Å². The number of benzene rings is 2. The lowest BCUT2D eigenvalue weighted by atomic mass is 10.1. The number of hydrogen-bond acceptors (Lipinski definition) is 3. The molecule has 0 radical (unpaired) electrons. The summed E-state index contributed by atoms with van der Waals surface area (Å²) < 4.78 is 39.7. The van der Waals surface area contributed by atoms with Crippen LogP contribution in [0.2, 0.25) is 0 Å². The van der Waals surface area contributed by atoms with Crippen molar-refractivity contribution in [2.75, 3.05) is 4.31 Å². The van der Waals surface area contributed by atoms with E-state index in [1.165, 1.54) is 6.92 Å². The average Bonchev–Trinajstić information content (AvgIpc) is 2.55. The normalized spacial score (nSPS) is 12.6. The summed E-state index contributed by atoms with van der Waals surface area (Å²) in [5, 5.41) is 9.30. The number of aryl methyl sites for hydroxylation is 1. The first-order valence-electron chi connectivity index (χ1n) is 7.39. The summed E-state index contributed by atoms with van der Waals surface area (Å²) in [5.41, 5.74) is 1.24. The van der Waals surface area contributed by atoms with Gasteiger partial charge in [0.25, 0.3) is 10.0 Å². The second kappa shape index (κ2) is 7.00. The van der Waals surface area contributed by atoms with Crippen LogP contribution in [0.25, 0.3) is 0 Å². The monoisotopic (exact) mass is 351 g/mol. The average molecular weight is 351 g/mol. The van der Waals surface area contributed by atoms with E-state index in [4.69, 9.17) is 0 Å². The predicted octanol–water partition coefficient (Wildman–Crippen LogP) is 3.06. The first kappa shape index (κ1) is 17.9. The predicted molar refractivity (Wildman–Crippen MR) is 89.0 cm³/mol. The number of rotatable bonds is 6. The van der Waals surface area contributed by atoms with Gasteiger partial charge in [-0.3, -0.25) is 4.31 Å². The fourth-order valence-corrected chi connectivity index (χ4v) is 3.88. The lowest BCUT2D eigenvalue weighted by Gasteiger charge is -2.28. The van der Waals surface area contributed by atoms with Crippen molar-refractivity contribution >= 4 is 21.7 Å². The Morgan fingerprint density at radius 2 is 1.67 bits per heavy atom. The van der Waals surface area contributed by atoms with Crippen LogP contribution in [0.5, 0.6) is 0 Å². The Morgan fingerprint density at radius 3 is 2.12 bits per heavy atom. The maximum atomic E-state index is 13.1. The third-order valence-electron chi connectivity index (χ3n) is 3.68. The SMILES string of the molecule is CCc1ccc(N(C(C)C(=O)O)S(=O)(=O)c2ccc(F)cc2)cc1. The molecule has 0 aromatic heterocycles. The van der Waals surface area contributed by atoms with Gasteiger partial charge in [0.2, 0.25) is 0 Å². The minimum atomic E-state index is -4.15. The molecule has 0 bridgehead atoms. The number of carbonyl (C=O) groups is 1. The molecule has 0 amide bonds. The number of anilines is 1. The Kier molecular flexibility index (Phi) is 5.23. The Morgan fingerprint density at radius 1 is 1.12 bits per heavy atom. The summed E-state index contributed by atoms with van der Waals surface area (Å²) in [5.74, 6) is -1.85. The van der Waals surface area contributed by atoms with Crippen molar-refractivity contribution in [3.63, 3.8) is 0 Å². The highest BCUT2D eigenvalue weighted by Crippen LogP contribution is 2.27. The van der Waals surface area contributed by atoms with Crippen molar-refractivity contribution < 1.29 is 22.7 Å². The van der Waals surface area contributed by atoms with Crippen LogP contribution in [0.1, 0.15) is 19.4 Å². The van der Waals surface area contributed by atoms with Gasteiger partial charge in [0.05, 0.1) is 10.6 Å². The van der Waals surface area contributed by atoms with Crippen LogP contribution in [-0.4, -0.2) is 25.5 Å². The number of halogens is 1. The molecule has 0 aliphatic carbocycles. The minimum absolute atomic E-state index is 0.170. The Balaban J connectivity index is 2.56. The quantitative estimate of drug-likeness (QED) is 0.868. The summed E-state index contributed by atoms with van der Waals surface area (Å²) in [7, 11) is -4.15. The third kappa shape index (κ3) is 3.56. The van der Waals surface area contributed by atoms with Gasteiger partial charge in [0, 0.05) is 0 Å². The number of nitrogens with zero attached hydrogens (tertiary/aromatic N) is 1. The number of carboxylic acid groups (broad SMARTS) is 1. The second-order valence-electron chi connectivity index (χ2n) is 5.29. The standard InChI is InChI=1S/C17H18FNO4S/c1-3-13-4-8-15(9-5-13)19(12(2)17(20)21)24(22,23)16-10-6-14(18)7-11-16/h4-12H,3H2,1-2H3,(H,20,21). The first-order chi connectivity index (χ1) is 11.3. The second-order valence-corrected chi connectivity index (χ2v) is 7.10. The molecular formula is C17H18FNO4S. The topological polar surface area (TPSA) is 74.7 Å². The lowest BCUT2D eigenvalue weighted by Crippen LogP contribution is -2.43. The van der Waals surface area contributed by atoms with Crippen molar-refractivity contribution in [2.24, 2.45) is 0 Å². The minimum Gasteiger partial charge on any atom is -0.480 e. The van der Waals surface area contributed by atoms with Crippen molar-refractivity contribution in [1.29, 1.82) is 0 Å². The van der Waals surface area contributed by atoms with E-state index in [0.717, 1.165) is 40.6 Å². The molecule has 128 valence electrons. The van der Waals surface area contributed by atoms with Gasteiger partial charge in [0.1, 0.15) is 11.9 Å². The van der Waals surface area contributed by atoms with E-state index in [-0.39, 0.29) is 10.6 Å². The highest BCUT2D eigenvalue weighted by atomic mass is 32.2. The molecule has 1 unspecified atom stereocenters. The Labute approximate surface area is 140 Å². The van der Waals surface area contributed by atoms with E-state index in [1.54, 1.807) is 24.3 Å². The van der Waals surface area contributed by atoms with Gasteiger partial charge in [-0.25, -0.2) is 17.6 Å². The fraction of sp³-hybridized carbons (Fsp3) is 0.235. The third-order valence-corrected chi connectivity index (χ3v) is 5.59. The molecule has 0 aliphatic rings. The molecule has 0 saturated heterocycles. The van der Waals surface area contributed by atoms with Crippen molar-refractivity contribution in [2.45, 2.75) is 31.2 Å². The highest BCUT2D eigenvalue weighted by Gasteiger charge is 2.33. The first-order valence-corrected chi connectivity index (χ1v) is 8.83. The maximum Gasteiger partial charge on any atom is 0.327 e. The van der Waals surface area contributed by atoms with E-state index in [9.17, 15) is 22.7 Å². The number of aliphatic carboxylic acids is 1. The van der Waals surface area contributed by atoms with E-state index in [0.29, 0.717) is 0 Å². The summed E-state index contributed by atoms with van der Waals surface area (Å²) in [6.45, 7) is 3.25. The summed E-state index contributed by atoms with van der Waals surface area (Å²) >= 11 is 0. The van der Waals surface area contributed by atoms with Gasteiger partial charge < -0.3 is 5.11 Å². The number of carboxylic acids is 1. The molecular weight excluding hydrogens is 333 g/mol. The number of sulfonamides is 1. The summed E-state index contributed by atoms with van der Waals surface area (Å²) in [6, 6.07) is 9.60. The maximum absolute atomic E-state index is 13.1. The fourth-order valence-electron chi connectivity index (χ4n) is 2.27. The van der Waals surface area contributed by atoms with E-state index < -0.39 is 27.9 Å². The van der Waals surface area contributed by atoms with Crippen LogP contribution < -0.4 is 4.31 Å². The number of hydrogen-bond donors (Lipinski definition) is 1. The van der Waals surface area contributed by atoms with Gasteiger partial charge in [-0.1, -0.05) is 19.1 Å². The molecule has 0 heterocycles. The summed E-state index contributed by atoms with van der Waals surface area (Å²) in [4.78, 5) is 11.2. The molecule has 2 aromatic rings. The zero-order chi connectivity index (χ0) is 17.9. The smallest absolute Gasteiger partial charge is 0.327 e. The molecule has 0 fully saturated rings. The Hall–Kier alpha value is -2.41.